The molecule has 0 fully saturated rings. The van der Waals surface area contributed by atoms with Crippen LogP contribution in [0.5, 0.6) is 5.75 Å². The zero-order chi connectivity index (χ0) is 15.1. The second kappa shape index (κ2) is 7.64. The molecule has 2 N–H and O–H groups in total. The average molecular weight is 305 g/mol. The van der Waals surface area contributed by atoms with E-state index in [1.165, 1.54) is 11.3 Å². The van der Waals surface area contributed by atoms with Gasteiger partial charge in [-0.05, 0) is 31.0 Å². The molecule has 2 aromatic rings. The summed E-state index contributed by atoms with van der Waals surface area (Å²) in [5.74, 6) is 0.692. The Kier molecular flexibility index (Phi) is 5.57. The maximum absolute atomic E-state index is 11.9. The Balaban J connectivity index is 2.02. The van der Waals surface area contributed by atoms with Crippen LogP contribution in [0.4, 0.5) is 15.6 Å². The minimum absolute atomic E-state index is 0.325. The molecule has 1 aromatic heterocycles. The van der Waals surface area contributed by atoms with Gasteiger partial charge in [-0.25, -0.2) is 9.78 Å². The summed E-state index contributed by atoms with van der Waals surface area (Å²) in [5, 5.41) is 7.85. The Morgan fingerprint density at radius 1 is 1.38 bits per heavy atom. The van der Waals surface area contributed by atoms with E-state index < -0.39 is 0 Å². The first-order chi connectivity index (χ1) is 10.2. The van der Waals surface area contributed by atoms with Crippen LogP contribution in [0, 0.1) is 6.92 Å². The predicted octanol–water partition coefficient (Wildman–Crippen LogP) is 4.27. The summed E-state index contributed by atoms with van der Waals surface area (Å²) >= 11 is 1.37. The van der Waals surface area contributed by atoms with Crippen LogP contribution in [0.3, 0.4) is 0 Å². The molecule has 0 radical (unpaired) electrons. The summed E-state index contributed by atoms with van der Waals surface area (Å²) in [6, 6.07) is 5.38. The number of carbonyl (C=O) groups is 1. The number of hydrogen-bond acceptors (Lipinski definition) is 4. The van der Waals surface area contributed by atoms with Gasteiger partial charge in [-0.15, -0.1) is 11.3 Å². The number of ether oxygens (including phenoxy) is 1. The van der Waals surface area contributed by atoms with Gasteiger partial charge >= 0.3 is 6.03 Å². The number of thiazole rings is 1. The first-order valence-electron chi connectivity index (χ1n) is 6.90. The van der Waals surface area contributed by atoms with Crippen LogP contribution in [0.2, 0.25) is 0 Å². The molecule has 21 heavy (non-hydrogen) atoms. The van der Waals surface area contributed by atoms with Gasteiger partial charge in [0.25, 0.3) is 0 Å². The monoisotopic (exact) mass is 305 g/mol. The van der Waals surface area contributed by atoms with Crippen molar-refractivity contribution in [3.05, 3.63) is 35.3 Å². The van der Waals surface area contributed by atoms with Gasteiger partial charge in [0, 0.05) is 11.6 Å². The minimum Gasteiger partial charge on any atom is -0.491 e. The molecule has 6 heteroatoms. The quantitative estimate of drug-likeness (QED) is 0.783. The van der Waals surface area contributed by atoms with Gasteiger partial charge in [-0.1, -0.05) is 19.4 Å². The van der Waals surface area contributed by atoms with Crippen molar-refractivity contribution >= 4 is 28.2 Å². The van der Waals surface area contributed by atoms with Crippen LogP contribution in [0.1, 0.15) is 25.3 Å². The van der Waals surface area contributed by atoms with E-state index in [1.54, 1.807) is 11.6 Å². The third kappa shape index (κ3) is 4.75. The van der Waals surface area contributed by atoms with Gasteiger partial charge in [0.05, 0.1) is 12.3 Å². The number of hydrogen-bond donors (Lipinski definition) is 2. The van der Waals surface area contributed by atoms with Gasteiger partial charge in [0.2, 0.25) is 0 Å². The minimum atomic E-state index is -0.325. The number of unbranched alkanes of at least 4 members (excludes halogenated alkanes) is 1. The molecule has 0 atom stereocenters. The summed E-state index contributed by atoms with van der Waals surface area (Å²) < 4.78 is 5.74. The van der Waals surface area contributed by atoms with Crippen molar-refractivity contribution < 1.29 is 9.53 Å². The maximum atomic E-state index is 11.9. The van der Waals surface area contributed by atoms with Crippen molar-refractivity contribution in [2.45, 2.75) is 26.7 Å². The average Bonchev–Trinajstić information content (AvgIpc) is 2.95. The number of rotatable bonds is 6. The van der Waals surface area contributed by atoms with Crippen molar-refractivity contribution in [2.75, 3.05) is 17.2 Å². The van der Waals surface area contributed by atoms with E-state index in [2.05, 4.69) is 22.5 Å². The van der Waals surface area contributed by atoms with Crippen LogP contribution in [-0.4, -0.2) is 17.6 Å². The third-order valence-electron chi connectivity index (χ3n) is 2.79. The van der Waals surface area contributed by atoms with Crippen molar-refractivity contribution in [1.29, 1.82) is 0 Å². The first kappa shape index (κ1) is 15.3. The molecule has 2 rings (SSSR count). The Labute approximate surface area is 128 Å². The number of amides is 2. The molecule has 0 saturated heterocycles. The Bertz CT molecular complexity index is 585. The number of anilines is 2. The molecular formula is C15H19N3O2S. The molecule has 0 bridgehead atoms. The van der Waals surface area contributed by atoms with Crippen molar-refractivity contribution in [3.63, 3.8) is 0 Å². The van der Waals surface area contributed by atoms with Crippen molar-refractivity contribution in [2.24, 2.45) is 0 Å². The van der Waals surface area contributed by atoms with Crippen LogP contribution in [0.25, 0.3) is 0 Å². The highest BCUT2D eigenvalue weighted by molar-refractivity contribution is 7.13. The number of carbonyl (C=O) groups excluding carboxylic acids is 1. The molecule has 0 aliphatic heterocycles. The second-order valence-corrected chi connectivity index (χ2v) is 5.51. The number of nitrogens with one attached hydrogen (secondary N) is 2. The summed E-state index contributed by atoms with van der Waals surface area (Å²) in [6.45, 7) is 4.75. The summed E-state index contributed by atoms with van der Waals surface area (Å²) in [6.07, 6.45) is 3.70. The van der Waals surface area contributed by atoms with Crippen LogP contribution in [-0.2, 0) is 0 Å². The SMILES string of the molecule is CCCCOc1cc(C)ccc1NC(=O)Nc1nccs1. The fraction of sp³-hybridized carbons (Fsp3) is 0.333. The van der Waals surface area contributed by atoms with E-state index in [9.17, 15) is 4.79 Å². The fourth-order valence-corrected chi connectivity index (χ4v) is 2.24. The highest BCUT2D eigenvalue weighted by Crippen LogP contribution is 2.26. The summed E-state index contributed by atoms with van der Waals surface area (Å²) in [7, 11) is 0. The van der Waals surface area contributed by atoms with Crippen LogP contribution in [0.15, 0.2) is 29.8 Å². The van der Waals surface area contributed by atoms with Crippen LogP contribution < -0.4 is 15.4 Å². The molecule has 0 unspecified atom stereocenters. The van der Waals surface area contributed by atoms with Gasteiger partial charge in [-0.2, -0.15) is 0 Å². The number of aromatic nitrogens is 1. The van der Waals surface area contributed by atoms with E-state index in [0.29, 0.717) is 23.2 Å². The Morgan fingerprint density at radius 3 is 2.95 bits per heavy atom. The van der Waals surface area contributed by atoms with E-state index in [1.807, 2.05) is 25.1 Å². The topological polar surface area (TPSA) is 63.2 Å². The highest BCUT2D eigenvalue weighted by Gasteiger charge is 2.09. The van der Waals surface area contributed by atoms with Crippen molar-refractivity contribution in [3.8, 4) is 5.75 Å². The zero-order valence-corrected chi connectivity index (χ0v) is 13.0. The zero-order valence-electron chi connectivity index (χ0n) is 12.2. The van der Waals surface area contributed by atoms with E-state index in [0.717, 1.165) is 18.4 Å². The molecule has 0 saturated carbocycles. The summed E-state index contributed by atoms with van der Waals surface area (Å²) in [5.41, 5.74) is 1.75. The largest absolute Gasteiger partial charge is 0.491 e. The van der Waals surface area contributed by atoms with E-state index >= 15 is 0 Å². The lowest BCUT2D eigenvalue weighted by Gasteiger charge is -2.13. The van der Waals surface area contributed by atoms with Gasteiger partial charge < -0.3 is 10.1 Å². The van der Waals surface area contributed by atoms with Gasteiger partial charge in [0.15, 0.2) is 5.13 Å². The lowest BCUT2D eigenvalue weighted by Crippen LogP contribution is -2.19. The van der Waals surface area contributed by atoms with Crippen molar-refractivity contribution in [1.82, 2.24) is 4.98 Å². The highest BCUT2D eigenvalue weighted by atomic mass is 32.1. The third-order valence-corrected chi connectivity index (χ3v) is 3.48. The fourth-order valence-electron chi connectivity index (χ4n) is 1.71. The maximum Gasteiger partial charge on any atom is 0.325 e. The number of nitrogens with zero attached hydrogens (tertiary/aromatic N) is 1. The molecule has 2 amide bonds. The Hall–Kier alpha value is -2.08. The van der Waals surface area contributed by atoms with Gasteiger partial charge in [0.1, 0.15) is 5.75 Å². The molecule has 0 aliphatic rings. The Morgan fingerprint density at radius 2 is 2.24 bits per heavy atom. The second-order valence-electron chi connectivity index (χ2n) is 4.62. The number of urea groups is 1. The number of benzene rings is 1. The smallest absolute Gasteiger partial charge is 0.325 e. The molecule has 0 spiro atoms. The van der Waals surface area contributed by atoms with Crippen LogP contribution >= 0.6 is 11.3 Å². The lowest BCUT2D eigenvalue weighted by atomic mass is 10.2. The molecule has 1 heterocycles. The van der Waals surface area contributed by atoms with E-state index in [-0.39, 0.29) is 6.03 Å². The molecular weight excluding hydrogens is 286 g/mol. The molecule has 1 aromatic carbocycles. The lowest BCUT2D eigenvalue weighted by molar-refractivity contribution is 0.261. The summed E-state index contributed by atoms with van der Waals surface area (Å²) in [4.78, 5) is 15.9. The normalized spacial score (nSPS) is 10.2. The molecule has 112 valence electrons. The molecule has 0 aliphatic carbocycles. The van der Waals surface area contributed by atoms with Gasteiger partial charge in [-0.3, -0.25) is 5.32 Å². The molecule has 5 nitrogen and oxygen atoms in total. The first-order valence-corrected chi connectivity index (χ1v) is 7.78. The number of aryl methyl sites for hydroxylation is 1. The van der Waals surface area contributed by atoms with E-state index in [4.69, 9.17) is 4.74 Å². The predicted molar refractivity (Wildman–Crippen MR) is 86.3 cm³/mol. The standard InChI is InChI=1S/C15H19N3O2S/c1-3-4-8-20-13-10-11(2)5-6-12(13)17-14(19)18-15-16-7-9-21-15/h5-7,9-10H,3-4,8H2,1-2H3,(H2,16,17,18,19).